The summed E-state index contributed by atoms with van der Waals surface area (Å²) < 4.78 is 25.5. The van der Waals surface area contributed by atoms with Crippen LogP contribution in [0.3, 0.4) is 0 Å². The Morgan fingerprint density at radius 2 is 2.20 bits per heavy atom. The van der Waals surface area contributed by atoms with Gasteiger partial charge in [-0.25, -0.2) is 8.42 Å². The number of nitrogens with one attached hydrogen (secondary N) is 1. The highest BCUT2D eigenvalue weighted by Gasteiger charge is 2.32. The molecule has 15 heavy (non-hydrogen) atoms. The summed E-state index contributed by atoms with van der Waals surface area (Å²) in [6.45, 7) is 8.82. The van der Waals surface area contributed by atoms with Crippen LogP contribution < -0.4 is 5.32 Å². The van der Waals surface area contributed by atoms with Crippen molar-refractivity contribution in [3.8, 4) is 0 Å². The lowest BCUT2D eigenvalue weighted by Gasteiger charge is -2.37. The molecule has 0 aromatic heterocycles. The third-order valence-electron chi connectivity index (χ3n) is 2.91. The van der Waals surface area contributed by atoms with E-state index >= 15 is 0 Å². The minimum atomic E-state index is -3.11. The van der Waals surface area contributed by atoms with E-state index in [2.05, 4.69) is 11.9 Å². The van der Waals surface area contributed by atoms with Crippen molar-refractivity contribution in [3.63, 3.8) is 0 Å². The molecule has 0 aliphatic carbocycles. The Bertz CT molecular complexity index is 313. The molecule has 1 heterocycles. The largest absolute Gasteiger partial charge is 0.311 e. The molecule has 2 atom stereocenters. The first-order valence-electron chi connectivity index (χ1n) is 5.33. The van der Waals surface area contributed by atoms with E-state index in [1.54, 1.807) is 10.4 Å². The fourth-order valence-electron chi connectivity index (χ4n) is 1.77. The molecule has 88 valence electrons. The molecule has 0 spiro atoms. The Kier molecular flexibility index (Phi) is 4.31. The summed E-state index contributed by atoms with van der Waals surface area (Å²) in [5, 5.41) is 3.26. The van der Waals surface area contributed by atoms with Gasteiger partial charge in [0.1, 0.15) is 0 Å². The van der Waals surface area contributed by atoms with E-state index in [0.29, 0.717) is 13.0 Å². The molecule has 4 nitrogen and oxygen atoms in total. The van der Waals surface area contributed by atoms with Crippen LogP contribution in [0.25, 0.3) is 0 Å². The topological polar surface area (TPSA) is 49.4 Å². The van der Waals surface area contributed by atoms with Gasteiger partial charge in [0.15, 0.2) is 0 Å². The number of hydrogen-bond acceptors (Lipinski definition) is 3. The highest BCUT2D eigenvalue weighted by molar-refractivity contribution is 7.89. The molecule has 1 saturated heterocycles. The Labute approximate surface area is 92.4 Å². The summed E-state index contributed by atoms with van der Waals surface area (Å²) in [5.74, 6) is 0.174. The fourth-order valence-corrected chi connectivity index (χ4v) is 3.53. The van der Waals surface area contributed by atoms with E-state index in [1.807, 2.05) is 13.8 Å². The zero-order chi connectivity index (χ0) is 11.5. The van der Waals surface area contributed by atoms with Crippen LogP contribution in [0.1, 0.15) is 20.3 Å². The van der Waals surface area contributed by atoms with Gasteiger partial charge in [0, 0.05) is 25.2 Å². The van der Waals surface area contributed by atoms with Gasteiger partial charge < -0.3 is 5.32 Å². The average molecular weight is 232 g/mol. The van der Waals surface area contributed by atoms with Crippen molar-refractivity contribution in [1.82, 2.24) is 9.62 Å². The van der Waals surface area contributed by atoms with Crippen LogP contribution >= 0.6 is 0 Å². The molecule has 2 unspecified atom stereocenters. The molecule has 0 bridgehead atoms. The number of rotatable bonds is 4. The maximum absolute atomic E-state index is 12.0. The molecule has 0 amide bonds. The van der Waals surface area contributed by atoms with Gasteiger partial charge in [-0.15, -0.1) is 6.58 Å². The van der Waals surface area contributed by atoms with Gasteiger partial charge in [-0.3, -0.25) is 0 Å². The second-order valence-electron chi connectivity index (χ2n) is 3.99. The first-order valence-corrected chi connectivity index (χ1v) is 6.93. The summed E-state index contributed by atoms with van der Waals surface area (Å²) >= 11 is 0. The van der Waals surface area contributed by atoms with E-state index in [9.17, 15) is 8.42 Å². The van der Waals surface area contributed by atoms with Crippen LogP contribution in [-0.2, 0) is 10.0 Å². The lowest BCUT2D eigenvalue weighted by molar-refractivity contribution is 0.233. The molecule has 0 aromatic carbocycles. The number of piperazine rings is 1. The molecule has 5 heteroatoms. The molecule has 0 aromatic rings. The number of allylic oxidation sites excluding steroid dienone is 1. The van der Waals surface area contributed by atoms with Crippen molar-refractivity contribution in [1.29, 1.82) is 0 Å². The third-order valence-corrected chi connectivity index (χ3v) is 4.89. The van der Waals surface area contributed by atoms with Crippen LogP contribution in [0.2, 0.25) is 0 Å². The van der Waals surface area contributed by atoms with Crippen molar-refractivity contribution in [2.75, 3.05) is 18.8 Å². The summed E-state index contributed by atoms with van der Waals surface area (Å²) in [6.07, 6.45) is 2.17. The second-order valence-corrected chi connectivity index (χ2v) is 6.03. The summed E-state index contributed by atoms with van der Waals surface area (Å²) in [7, 11) is -3.11. The van der Waals surface area contributed by atoms with Gasteiger partial charge in [0.25, 0.3) is 0 Å². The summed E-state index contributed by atoms with van der Waals surface area (Å²) in [6, 6.07) is 0.255. The maximum atomic E-state index is 12.0. The van der Waals surface area contributed by atoms with E-state index in [0.717, 1.165) is 6.54 Å². The van der Waals surface area contributed by atoms with Gasteiger partial charge in [0.05, 0.1) is 5.75 Å². The zero-order valence-electron chi connectivity index (χ0n) is 9.44. The van der Waals surface area contributed by atoms with Crippen molar-refractivity contribution in [2.45, 2.75) is 32.4 Å². The number of hydrogen-bond donors (Lipinski definition) is 1. The van der Waals surface area contributed by atoms with Crippen LogP contribution in [0.4, 0.5) is 0 Å². The predicted octanol–water partition coefficient (Wildman–Crippen LogP) is 0.574. The molecule has 1 N–H and O–H groups in total. The molecule has 0 radical (unpaired) electrons. The Morgan fingerprint density at radius 3 is 2.80 bits per heavy atom. The number of nitrogens with zero attached hydrogens (tertiary/aromatic N) is 1. The fraction of sp³-hybridized carbons (Fsp3) is 0.800. The van der Waals surface area contributed by atoms with Crippen molar-refractivity contribution >= 4 is 10.0 Å². The Hall–Kier alpha value is -0.390. The van der Waals surface area contributed by atoms with Crippen molar-refractivity contribution in [2.24, 2.45) is 0 Å². The quantitative estimate of drug-likeness (QED) is 0.721. The number of sulfonamides is 1. The van der Waals surface area contributed by atoms with E-state index in [-0.39, 0.29) is 17.8 Å². The monoisotopic (exact) mass is 232 g/mol. The van der Waals surface area contributed by atoms with Crippen molar-refractivity contribution < 1.29 is 8.42 Å². The van der Waals surface area contributed by atoms with E-state index in [1.165, 1.54) is 0 Å². The van der Waals surface area contributed by atoms with Gasteiger partial charge in [0.2, 0.25) is 10.0 Å². The minimum Gasteiger partial charge on any atom is -0.311 e. The lowest BCUT2D eigenvalue weighted by Crippen LogP contribution is -2.57. The minimum absolute atomic E-state index is 0.0357. The Morgan fingerprint density at radius 1 is 1.53 bits per heavy atom. The smallest absolute Gasteiger partial charge is 0.214 e. The molecule has 1 aliphatic heterocycles. The zero-order valence-corrected chi connectivity index (χ0v) is 10.3. The normalized spacial score (nSPS) is 28.9. The molecule has 1 aliphatic rings. The highest BCUT2D eigenvalue weighted by Crippen LogP contribution is 2.14. The molecular weight excluding hydrogens is 212 g/mol. The summed E-state index contributed by atoms with van der Waals surface area (Å²) in [4.78, 5) is 0. The SMILES string of the molecule is C=CCCS(=O)(=O)N1CCNC(C)C1C. The predicted molar refractivity (Wildman–Crippen MR) is 62.2 cm³/mol. The highest BCUT2D eigenvalue weighted by atomic mass is 32.2. The van der Waals surface area contributed by atoms with Gasteiger partial charge in [-0.05, 0) is 20.3 Å². The second kappa shape index (κ2) is 5.09. The van der Waals surface area contributed by atoms with Gasteiger partial charge >= 0.3 is 0 Å². The lowest BCUT2D eigenvalue weighted by atomic mass is 10.1. The van der Waals surface area contributed by atoms with Crippen LogP contribution in [0.5, 0.6) is 0 Å². The molecule has 1 fully saturated rings. The van der Waals surface area contributed by atoms with E-state index in [4.69, 9.17) is 0 Å². The standard InChI is InChI=1S/C10H20N2O2S/c1-4-5-8-15(13,14)12-7-6-11-9(2)10(12)3/h4,9-11H,1,5-8H2,2-3H3. The van der Waals surface area contributed by atoms with Crippen LogP contribution in [-0.4, -0.2) is 43.6 Å². The van der Waals surface area contributed by atoms with Crippen molar-refractivity contribution in [3.05, 3.63) is 12.7 Å². The van der Waals surface area contributed by atoms with Gasteiger partial charge in [-0.1, -0.05) is 6.08 Å². The molecule has 1 rings (SSSR count). The first-order chi connectivity index (χ1) is 6.99. The summed E-state index contributed by atoms with van der Waals surface area (Å²) in [5.41, 5.74) is 0. The molecular formula is C10H20N2O2S. The molecule has 0 saturated carbocycles. The maximum Gasteiger partial charge on any atom is 0.214 e. The Balaban J connectivity index is 2.72. The van der Waals surface area contributed by atoms with Gasteiger partial charge in [-0.2, -0.15) is 4.31 Å². The average Bonchev–Trinajstić information content (AvgIpc) is 2.19. The van der Waals surface area contributed by atoms with Crippen LogP contribution in [0, 0.1) is 0 Å². The first kappa shape index (κ1) is 12.7. The van der Waals surface area contributed by atoms with E-state index < -0.39 is 10.0 Å². The van der Waals surface area contributed by atoms with Crippen LogP contribution in [0.15, 0.2) is 12.7 Å². The third kappa shape index (κ3) is 3.03.